The van der Waals surface area contributed by atoms with E-state index in [9.17, 15) is 0 Å². The molecular weight excluding hydrogens is 464 g/mol. The molecule has 2 heteroatoms. The van der Waals surface area contributed by atoms with Gasteiger partial charge in [-0.05, 0) is 34.4 Å². The number of ether oxygens (including phenoxy) is 1. The normalized spacial score (nSPS) is 11.9. The SMILES string of the molecule is c1ccc2c(c1)Oc1c(-c3ccc(-c4cccc5c4oc4ccccc45)cc3)cccc1-c1ccccc1-2. The standard InChI is InChI=1S/C36H22O2/c1-2-10-28-27(9-1)29-11-3-5-17-33(29)37-35-25(13-7-15-31(28)35)23-19-21-24(22-20-23)26-14-8-16-32-30-12-4-6-18-34(30)38-36(26)32/h1-22H. The van der Waals surface area contributed by atoms with E-state index in [0.29, 0.717) is 0 Å². The molecule has 0 saturated carbocycles. The molecule has 0 unspecified atom stereocenters. The first kappa shape index (κ1) is 21.0. The summed E-state index contributed by atoms with van der Waals surface area (Å²) in [6, 6.07) is 46.5. The van der Waals surface area contributed by atoms with Crippen molar-refractivity contribution in [1.82, 2.24) is 0 Å². The van der Waals surface area contributed by atoms with Gasteiger partial charge in [0.1, 0.15) is 22.7 Å². The van der Waals surface area contributed by atoms with E-state index in [1.807, 2.05) is 18.2 Å². The maximum atomic E-state index is 6.66. The Morgan fingerprint density at radius 2 is 0.921 bits per heavy atom. The highest BCUT2D eigenvalue weighted by molar-refractivity contribution is 6.09. The van der Waals surface area contributed by atoms with Crippen LogP contribution in [0.2, 0.25) is 0 Å². The first-order chi connectivity index (χ1) is 18.8. The molecule has 1 aliphatic rings. The second kappa shape index (κ2) is 8.22. The van der Waals surface area contributed by atoms with E-state index in [4.69, 9.17) is 9.15 Å². The molecular formula is C36H22O2. The zero-order valence-electron chi connectivity index (χ0n) is 20.5. The molecule has 0 atom stereocenters. The van der Waals surface area contributed by atoms with Crippen molar-refractivity contribution in [3.05, 3.63) is 133 Å². The van der Waals surface area contributed by atoms with Gasteiger partial charge in [0.05, 0.1) is 0 Å². The summed E-state index contributed by atoms with van der Waals surface area (Å²) in [6.07, 6.45) is 0. The molecule has 1 aromatic heterocycles. The molecule has 178 valence electrons. The van der Waals surface area contributed by atoms with Gasteiger partial charge in [-0.15, -0.1) is 0 Å². The van der Waals surface area contributed by atoms with Crippen LogP contribution in [0.15, 0.2) is 138 Å². The van der Waals surface area contributed by atoms with E-state index in [2.05, 4.69) is 115 Å². The Labute approximate surface area is 220 Å². The van der Waals surface area contributed by atoms with Crippen LogP contribution in [0.25, 0.3) is 66.4 Å². The van der Waals surface area contributed by atoms with Crippen molar-refractivity contribution in [1.29, 1.82) is 0 Å². The van der Waals surface area contributed by atoms with Gasteiger partial charge in [0.25, 0.3) is 0 Å². The summed E-state index contributed by atoms with van der Waals surface area (Å²) >= 11 is 0. The first-order valence-corrected chi connectivity index (χ1v) is 12.9. The van der Waals surface area contributed by atoms with Crippen LogP contribution < -0.4 is 4.74 Å². The predicted molar refractivity (Wildman–Crippen MR) is 156 cm³/mol. The zero-order valence-corrected chi connectivity index (χ0v) is 20.5. The fraction of sp³-hybridized carbons (Fsp3) is 0. The minimum Gasteiger partial charge on any atom is -0.455 e. The zero-order chi connectivity index (χ0) is 25.1. The molecule has 2 heterocycles. The molecule has 2 nitrogen and oxygen atoms in total. The number of hydrogen-bond donors (Lipinski definition) is 0. The van der Waals surface area contributed by atoms with Crippen LogP contribution in [0.1, 0.15) is 0 Å². The van der Waals surface area contributed by atoms with Gasteiger partial charge in [-0.1, -0.05) is 121 Å². The molecule has 8 rings (SSSR count). The Kier molecular flexibility index (Phi) is 4.55. The van der Waals surface area contributed by atoms with Crippen LogP contribution in [0.4, 0.5) is 0 Å². The third-order valence-corrected chi connectivity index (χ3v) is 7.53. The molecule has 0 fully saturated rings. The third kappa shape index (κ3) is 3.14. The Morgan fingerprint density at radius 1 is 0.368 bits per heavy atom. The van der Waals surface area contributed by atoms with Crippen LogP contribution in [0.3, 0.4) is 0 Å². The lowest BCUT2D eigenvalue weighted by Crippen LogP contribution is -1.90. The van der Waals surface area contributed by atoms with Crippen LogP contribution >= 0.6 is 0 Å². The molecule has 6 aromatic carbocycles. The fourth-order valence-electron chi connectivity index (χ4n) is 5.73. The van der Waals surface area contributed by atoms with Crippen molar-refractivity contribution >= 4 is 21.9 Å². The van der Waals surface area contributed by atoms with E-state index >= 15 is 0 Å². The van der Waals surface area contributed by atoms with Crippen LogP contribution in [-0.4, -0.2) is 0 Å². The Morgan fingerprint density at radius 3 is 1.76 bits per heavy atom. The lowest BCUT2D eigenvalue weighted by Gasteiger charge is -2.15. The number of benzene rings is 6. The molecule has 0 spiro atoms. The minimum absolute atomic E-state index is 0.874. The van der Waals surface area contributed by atoms with Crippen molar-refractivity contribution in [2.24, 2.45) is 0 Å². The molecule has 38 heavy (non-hydrogen) atoms. The Hall–Kier alpha value is -5.08. The second-order valence-electron chi connectivity index (χ2n) is 9.68. The maximum absolute atomic E-state index is 6.66. The van der Waals surface area contributed by atoms with Gasteiger partial charge >= 0.3 is 0 Å². The van der Waals surface area contributed by atoms with Gasteiger partial charge in [0.15, 0.2) is 0 Å². The van der Waals surface area contributed by atoms with Gasteiger partial charge in [0, 0.05) is 33.0 Å². The average Bonchev–Trinajstić information content (AvgIpc) is 3.30. The Balaban J connectivity index is 1.27. The quantitative estimate of drug-likeness (QED) is 0.242. The number of fused-ring (bicyclic) bond motifs is 8. The van der Waals surface area contributed by atoms with Gasteiger partial charge < -0.3 is 9.15 Å². The van der Waals surface area contributed by atoms with E-state index in [0.717, 1.165) is 66.8 Å². The van der Waals surface area contributed by atoms with Gasteiger partial charge in [0.2, 0.25) is 0 Å². The number of rotatable bonds is 2. The van der Waals surface area contributed by atoms with E-state index in [1.165, 1.54) is 11.1 Å². The van der Waals surface area contributed by atoms with E-state index in [-0.39, 0.29) is 0 Å². The number of furan rings is 1. The summed E-state index contributed by atoms with van der Waals surface area (Å²) in [5, 5.41) is 2.28. The fourth-order valence-corrected chi connectivity index (χ4v) is 5.73. The van der Waals surface area contributed by atoms with Gasteiger partial charge in [-0.2, -0.15) is 0 Å². The van der Waals surface area contributed by atoms with Crippen molar-refractivity contribution in [3.8, 4) is 56.0 Å². The molecule has 7 aromatic rings. The molecule has 0 N–H and O–H groups in total. The maximum Gasteiger partial charge on any atom is 0.143 e. The Bertz CT molecular complexity index is 1990. The largest absolute Gasteiger partial charge is 0.455 e. The molecule has 0 bridgehead atoms. The highest BCUT2D eigenvalue weighted by Crippen LogP contribution is 2.50. The van der Waals surface area contributed by atoms with Crippen molar-refractivity contribution in [3.63, 3.8) is 0 Å². The molecule has 0 saturated heterocycles. The molecule has 0 amide bonds. The van der Waals surface area contributed by atoms with Crippen LogP contribution in [0, 0.1) is 0 Å². The summed E-state index contributed by atoms with van der Waals surface area (Å²) in [7, 11) is 0. The highest BCUT2D eigenvalue weighted by Gasteiger charge is 2.23. The minimum atomic E-state index is 0.874. The van der Waals surface area contributed by atoms with Crippen molar-refractivity contribution in [2.45, 2.75) is 0 Å². The topological polar surface area (TPSA) is 22.4 Å². The molecule has 0 radical (unpaired) electrons. The van der Waals surface area contributed by atoms with E-state index in [1.54, 1.807) is 0 Å². The lowest BCUT2D eigenvalue weighted by atomic mass is 9.92. The van der Waals surface area contributed by atoms with E-state index < -0.39 is 0 Å². The number of para-hydroxylation sites is 4. The summed E-state index contributed by atoms with van der Waals surface area (Å²) < 4.78 is 12.9. The summed E-state index contributed by atoms with van der Waals surface area (Å²) in [5.41, 5.74) is 10.8. The molecule has 1 aliphatic heterocycles. The van der Waals surface area contributed by atoms with Crippen LogP contribution in [0.5, 0.6) is 11.5 Å². The van der Waals surface area contributed by atoms with Gasteiger partial charge in [-0.3, -0.25) is 0 Å². The lowest BCUT2D eigenvalue weighted by molar-refractivity contribution is 0.489. The smallest absolute Gasteiger partial charge is 0.143 e. The first-order valence-electron chi connectivity index (χ1n) is 12.9. The van der Waals surface area contributed by atoms with Crippen molar-refractivity contribution < 1.29 is 9.15 Å². The monoisotopic (exact) mass is 486 g/mol. The predicted octanol–water partition coefficient (Wildman–Crippen LogP) is 10.4. The van der Waals surface area contributed by atoms with Crippen molar-refractivity contribution in [2.75, 3.05) is 0 Å². The van der Waals surface area contributed by atoms with Crippen LogP contribution in [-0.2, 0) is 0 Å². The summed E-state index contributed by atoms with van der Waals surface area (Å²) in [5.74, 6) is 1.76. The molecule has 0 aliphatic carbocycles. The third-order valence-electron chi connectivity index (χ3n) is 7.53. The van der Waals surface area contributed by atoms with Gasteiger partial charge in [-0.25, -0.2) is 0 Å². The summed E-state index contributed by atoms with van der Waals surface area (Å²) in [6.45, 7) is 0. The number of hydrogen-bond acceptors (Lipinski definition) is 2. The average molecular weight is 487 g/mol. The summed E-state index contributed by atoms with van der Waals surface area (Å²) in [4.78, 5) is 0. The second-order valence-corrected chi connectivity index (χ2v) is 9.68. The highest BCUT2D eigenvalue weighted by atomic mass is 16.5.